The van der Waals surface area contributed by atoms with Crippen LogP contribution in [0.2, 0.25) is 0 Å². The Labute approximate surface area is 135 Å². The lowest BCUT2D eigenvalue weighted by Crippen LogP contribution is -2.33. The lowest BCUT2D eigenvalue weighted by Gasteiger charge is -2.19. The van der Waals surface area contributed by atoms with Crippen molar-refractivity contribution in [3.05, 3.63) is 35.4 Å². The number of methoxy groups -OCH3 is 1. The standard InChI is InChI=1S/C15H22N6O2/c1-10-11(8-16-15(18-10)20(2)3)14(22)19-12(9-23-5)13-6-7-17-21(13)4/h6-8,12H,9H2,1-5H3,(H,19,22). The van der Waals surface area contributed by atoms with E-state index in [9.17, 15) is 4.79 Å². The smallest absolute Gasteiger partial charge is 0.255 e. The van der Waals surface area contributed by atoms with Crippen LogP contribution in [0.3, 0.4) is 0 Å². The van der Waals surface area contributed by atoms with Crippen LogP contribution in [0.1, 0.15) is 27.8 Å². The number of rotatable bonds is 6. The van der Waals surface area contributed by atoms with Crippen molar-refractivity contribution in [3.63, 3.8) is 0 Å². The molecule has 1 N–H and O–H groups in total. The fraction of sp³-hybridized carbons (Fsp3) is 0.467. The van der Waals surface area contributed by atoms with Gasteiger partial charge in [0.1, 0.15) is 0 Å². The average molecular weight is 318 g/mol. The summed E-state index contributed by atoms with van der Waals surface area (Å²) in [6, 6.07) is 1.55. The summed E-state index contributed by atoms with van der Waals surface area (Å²) in [6.45, 7) is 2.14. The summed E-state index contributed by atoms with van der Waals surface area (Å²) in [5, 5.41) is 7.08. The zero-order chi connectivity index (χ0) is 17.0. The molecule has 23 heavy (non-hydrogen) atoms. The first-order chi connectivity index (χ1) is 10.9. The molecule has 0 aliphatic carbocycles. The largest absolute Gasteiger partial charge is 0.382 e. The molecular weight excluding hydrogens is 296 g/mol. The molecule has 0 bridgehead atoms. The normalized spacial score (nSPS) is 12.0. The molecule has 8 nitrogen and oxygen atoms in total. The molecule has 124 valence electrons. The summed E-state index contributed by atoms with van der Waals surface area (Å²) in [6.07, 6.45) is 3.23. The summed E-state index contributed by atoms with van der Waals surface area (Å²) >= 11 is 0. The van der Waals surface area contributed by atoms with Crippen molar-refractivity contribution >= 4 is 11.9 Å². The minimum Gasteiger partial charge on any atom is -0.382 e. The number of carbonyl (C=O) groups is 1. The Morgan fingerprint density at radius 1 is 1.48 bits per heavy atom. The molecule has 2 heterocycles. The summed E-state index contributed by atoms with van der Waals surface area (Å²) in [7, 11) is 7.12. The van der Waals surface area contributed by atoms with Gasteiger partial charge in [-0.25, -0.2) is 9.97 Å². The molecule has 2 rings (SSSR count). The van der Waals surface area contributed by atoms with Gasteiger partial charge in [0.25, 0.3) is 5.91 Å². The second-order valence-corrected chi connectivity index (χ2v) is 5.42. The third-order valence-corrected chi connectivity index (χ3v) is 3.47. The molecule has 0 aromatic carbocycles. The van der Waals surface area contributed by atoms with Gasteiger partial charge in [-0.1, -0.05) is 0 Å². The number of aryl methyl sites for hydroxylation is 2. The molecule has 0 spiro atoms. The first-order valence-corrected chi connectivity index (χ1v) is 7.22. The van der Waals surface area contributed by atoms with E-state index in [1.54, 1.807) is 36.0 Å². The van der Waals surface area contributed by atoms with Crippen molar-refractivity contribution in [2.24, 2.45) is 7.05 Å². The first-order valence-electron chi connectivity index (χ1n) is 7.22. The SMILES string of the molecule is COCC(NC(=O)c1cnc(N(C)C)nc1C)c1ccnn1C. The number of hydrogen-bond acceptors (Lipinski definition) is 6. The Morgan fingerprint density at radius 2 is 2.22 bits per heavy atom. The quantitative estimate of drug-likeness (QED) is 0.844. The molecule has 0 radical (unpaired) electrons. The maximum Gasteiger partial charge on any atom is 0.255 e. The number of carbonyl (C=O) groups excluding carboxylic acids is 1. The topological polar surface area (TPSA) is 85.2 Å². The number of amides is 1. The third kappa shape index (κ3) is 3.84. The highest BCUT2D eigenvalue weighted by Crippen LogP contribution is 2.15. The summed E-state index contributed by atoms with van der Waals surface area (Å²) in [5.74, 6) is 0.329. The van der Waals surface area contributed by atoms with Gasteiger partial charge >= 0.3 is 0 Å². The minimum atomic E-state index is -0.298. The summed E-state index contributed by atoms with van der Waals surface area (Å²) < 4.78 is 6.92. The highest BCUT2D eigenvalue weighted by Gasteiger charge is 2.20. The second-order valence-electron chi connectivity index (χ2n) is 5.42. The first kappa shape index (κ1) is 16.9. The van der Waals surface area contributed by atoms with Gasteiger partial charge < -0.3 is 15.0 Å². The molecule has 2 aromatic heterocycles. The van der Waals surface area contributed by atoms with Gasteiger partial charge in [0.15, 0.2) is 0 Å². The molecule has 8 heteroatoms. The molecule has 0 fully saturated rings. The van der Waals surface area contributed by atoms with Crippen molar-refractivity contribution < 1.29 is 9.53 Å². The number of aromatic nitrogens is 4. The Morgan fingerprint density at radius 3 is 2.74 bits per heavy atom. The average Bonchev–Trinajstić information content (AvgIpc) is 2.92. The van der Waals surface area contributed by atoms with Crippen LogP contribution in [0.5, 0.6) is 0 Å². The Hall–Kier alpha value is -2.48. The van der Waals surface area contributed by atoms with Gasteiger partial charge in [-0.3, -0.25) is 9.48 Å². The molecule has 1 amide bonds. The van der Waals surface area contributed by atoms with Crippen molar-refractivity contribution in [3.8, 4) is 0 Å². The molecule has 1 atom stereocenters. The van der Waals surface area contributed by atoms with Crippen LogP contribution in [-0.2, 0) is 11.8 Å². The fourth-order valence-electron chi connectivity index (χ4n) is 2.22. The predicted octanol–water partition coefficient (Wildman–Crippen LogP) is 0.702. The maximum absolute atomic E-state index is 12.5. The van der Waals surface area contributed by atoms with Crippen molar-refractivity contribution in [2.75, 3.05) is 32.7 Å². The van der Waals surface area contributed by atoms with Gasteiger partial charge in [-0.05, 0) is 13.0 Å². The Bertz CT molecular complexity index is 682. The van der Waals surface area contributed by atoms with E-state index in [-0.39, 0.29) is 11.9 Å². The third-order valence-electron chi connectivity index (χ3n) is 3.47. The zero-order valence-electron chi connectivity index (χ0n) is 14.1. The van der Waals surface area contributed by atoms with E-state index in [2.05, 4.69) is 20.4 Å². The van der Waals surface area contributed by atoms with E-state index in [1.807, 2.05) is 27.2 Å². The van der Waals surface area contributed by atoms with E-state index in [0.29, 0.717) is 23.8 Å². The molecule has 0 saturated carbocycles. The number of nitrogens with one attached hydrogen (secondary N) is 1. The Balaban J connectivity index is 2.21. The van der Waals surface area contributed by atoms with Crippen LogP contribution in [0.25, 0.3) is 0 Å². The highest BCUT2D eigenvalue weighted by atomic mass is 16.5. The van der Waals surface area contributed by atoms with Gasteiger partial charge in [0.05, 0.1) is 29.6 Å². The van der Waals surface area contributed by atoms with Gasteiger partial charge in [0.2, 0.25) is 5.95 Å². The van der Waals surface area contributed by atoms with Crippen molar-refractivity contribution in [1.82, 2.24) is 25.1 Å². The van der Waals surface area contributed by atoms with Crippen LogP contribution in [-0.4, -0.2) is 53.5 Å². The van der Waals surface area contributed by atoms with E-state index in [0.717, 1.165) is 5.69 Å². The van der Waals surface area contributed by atoms with Crippen LogP contribution < -0.4 is 10.2 Å². The zero-order valence-corrected chi connectivity index (χ0v) is 14.1. The van der Waals surface area contributed by atoms with E-state index >= 15 is 0 Å². The number of anilines is 1. The predicted molar refractivity (Wildman–Crippen MR) is 86.4 cm³/mol. The van der Waals surface area contributed by atoms with Crippen molar-refractivity contribution in [2.45, 2.75) is 13.0 Å². The number of ether oxygens (including phenoxy) is 1. The highest BCUT2D eigenvalue weighted by molar-refractivity contribution is 5.95. The second kappa shape index (κ2) is 7.19. The van der Waals surface area contributed by atoms with Gasteiger partial charge in [-0.2, -0.15) is 5.10 Å². The summed E-state index contributed by atoms with van der Waals surface area (Å²) in [5.41, 5.74) is 1.94. The number of nitrogens with zero attached hydrogens (tertiary/aromatic N) is 5. The van der Waals surface area contributed by atoms with E-state index in [4.69, 9.17) is 4.74 Å². The van der Waals surface area contributed by atoms with E-state index in [1.165, 1.54) is 0 Å². The fourth-order valence-corrected chi connectivity index (χ4v) is 2.22. The molecule has 0 saturated heterocycles. The molecule has 2 aromatic rings. The van der Waals surface area contributed by atoms with Crippen LogP contribution in [0.15, 0.2) is 18.5 Å². The lowest BCUT2D eigenvalue weighted by molar-refractivity contribution is 0.0891. The molecule has 1 unspecified atom stereocenters. The number of hydrogen-bond donors (Lipinski definition) is 1. The minimum absolute atomic E-state index is 0.240. The lowest BCUT2D eigenvalue weighted by atomic mass is 10.1. The summed E-state index contributed by atoms with van der Waals surface area (Å²) in [4.78, 5) is 22.9. The van der Waals surface area contributed by atoms with Crippen LogP contribution in [0.4, 0.5) is 5.95 Å². The molecule has 0 aliphatic rings. The Kier molecular flexibility index (Phi) is 5.28. The van der Waals surface area contributed by atoms with E-state index < -0.39 is 0 Å². The van der Waals surface area contributed by atoms with Crippen LogP contribution in [0, 0.1) is 6.92 Å². The van der Waals surface area contributed by atoms with Gasteiger partial charge in [0, 0.05) is 40.6 Å². The van der Waals surface area contributed by atoms with Crippen molar-refractivity contribution in [1.29, 1.82) is 0 Å². The molecular formula is C15H22N6O2. The monoisotopic (exact) mass is 318 g/mol. The maximum atomic E-state index is 12.5. The van der Waals surface area contributed by atoms with Crippen LogP contribution >= 0.6 is 0 Å². The molecule has 0 aliphatic heterocycles. The van der Waals surface area contributed by atoms with Gasteiger partial charge in [-0.15, -0.1) is 0 Å².